The summed E-state index contributed by atoms with van der Waals surface area (Å²) in [7, 11) is 0. The van der Waals surface area contributed by atoms with Crippen LogP contribution in [0.1, 0.15) is 84.2 Å². The lowest BCUT2D eigenvalue weighted by Gasteiger charge is -2.32. The minimum absolute atomic E-state index is 0.190. The molecule has 1 N–H and O–H groups in total. The molecule has 0 spiro atoms. The molecule has 0 radical (unpaired) electrons. The fraction of sp³-hybridized carbons (Fsp3) is 0.467. The minimum Gasteiger partial charge on any atom is -0.367 e. The summed E-state index contributed by atoms with van der Waals surface area (Å²) in [6, 6.07) is 2.05. The maximum atomic E-state index is 14.7. The first-order valence-electron chi connectivity index (χ1n) is 13.2. The first kappa shape index (κ1) is 28.4. The molecule has 1 fully saturated rings. The monoisotopic (exact) mass is 508 g/mol. The van der Waals surface area contributed by atoms with E-state index in [1.54, 1.807) is 12.2 Å². The van der Waals surface area contributed by atoms with E-state index in [1.807, 2.05) is 39.8 Å². The standard InChI is InChI=1S/C30H38F2N4O/c1-5-22(6-2)26(31)14-13-24-18-29(35-27-12-8-7-10-23(27)11-9-15-37)36-30(34-24)25-19-33-28(32)17-20(3)16-21(25)4/h5,14-19,23,27H,6-13H2,1-4H3,(H,34,35,36)/b20-16-,20-17?,21-16?,22-5-,25-19?,25-21-,26-14+,28-17?,33-19-,33-28?. The smallest absolute Gasteiger partial charge is 0.213 e. The second kappa shape index (κ2) is 13.9. The predicted octanol–water partition coefficient (Wildman–Crippen LogP) is 7.79. The molecule has 1 aliphatic carbocycles. The van der Waals surface area contributed by atoms with Gasteiger partial charge in [-0.15, -0.1) is 0 Å². The van der Waals surface area contributed by atoms with E-state index in [9.17, 15) is 13.6 Å². The van der Waals surface area contributed by atoms with Crippen LogP contribution in [0.15, 0.2) is 63.9 Å². The molecule has 3 rings (SSSR count). The maximum absolute atomic E-state index is 14.7. The Hall–Kier alpha value is -3.22. The van der Waals surface area contributed by atoms with Crippen molar-refractivity contribution in [2.45, 2.75) is 85.1 Å². The molecule has 0 saturated heterocycles. The molecule has 0 bridgehead atoms. The Morgan fingerprint density at radius 2 is 1.97 bits per heavy atom. The van der Waals surface area contributed by atoms with Gasteiger partial charge < -0.3 is 10.1 Å². The van der Waals surface area contributed by atoms with E-state index < -0.39 is 5.95 Å². The number of rotatable bonds is 10. The number of carbonyl (C=O) groups is 1. The highest BCUT2D eigenvalue weighted by molar-refractivity contribution is 6.10. The summed E-state index contributed by atoms with van der Waals surface area (Å²) < 4.78 is 28.8. The Balaban J connectivity index is 2.02. The lowest BCUT2D eigenvalue weighted by molar-refractivity contribution is -0.108. The van der Waals surface area contributed by atoms with Gasteiger partial charge in [0.25, 0.3) is 0 Å². The highest BCUT2D eigenvalue weighted by Crippen LogP contribution is 2.31. The zero-order valence-electron chi connectivity index (χ0n) is 22.4. The molecule has 2 aliphatic rings. The van der Waals surface area contributed by atoms with Crippen molar-refractivity contribution in [3.05, 3.63) is 70.4 Å². The average molecular weight is 509 g/mol. The third kappa shape index (κ3) is 8.14. The summed E-state index contributed by atoms with van der Waals surface area (Å²) in [5.41, 5.74) is 3.52. The van der Waals surface area contributed by atoms with E-state index in [1.165, 1.54) is 12.3 Å². The summed E-state index contributed by atoms with van der Waals surface area (Å²) in [4.78, 5) is 24.5. The number of aliphatic imine (C=N–C) groups is 1. The fourth-order valence-electron chi connectivity index (χ4n) is 5.00. The van der Waals surface area contributed by atoms with Gasteiger partial charge in [0, 0.05) is 36.7 Å². The van der Waals surface area contributed by atoms with Crippen LogP contribution < -0.4 is 5.32 Å². The van der Waals surface area contributed by atoms with Crippen molar-refractivity contribution in [3.8, 4) is 0 Å². The first-order chi connectivity index (χ1) is 17.8. The summed E-state index contributed by atoms with van der Waals surface area (Å²) in [6.45, 7) is 7.48. The van der Waals surface area contributed by atoms with Gasteiger partial charge in [-0.05, 0) is 81.2 Å². The lowest BCUT2D eigenvalue weighted by Crippen LogP contribution is -2.32. The van der Waals surface area contributed by atoms with Crippen molar-refractivity contribution in [2.75, 3.05) is 5.32 Å². The summed E-state index contributed by atoms with van der Waals surface area (Å²) >= 11 is 0. The van der Waals surface area contributed by atoms with Crippen LogP contribution in [0.5, 0.6) is 0 Å². The second-order valence-electron chi connectivity index (χ2n) is 9.74. The van der Waals surface area contributed by atoms with Crippen LogP contribution in [-0.2, 0) is 11.2 Å². The molecular weight excluding hydrogens is 470 g/mol. The van der Waals surface area contributed by atoms with Gasteiger partial charge in [0.15, 0.2) is 5.82 Å². The van der Waals surface area contributed by atoms with Crippen molar-refractivity contribution in [2.24, 2.45) is 10.9 Å². The van der Waals surface area contributed by atoms with Gasteiger partial charge in [0.2, 0.25) is 5.95 Å². The zero-order chi connectivity index (χ0) is 26.8. The highest BCUT2D eigenvalue weighted by atomic mass is 19.1. The van der Waals surface area contributed by atoms with Crippen LogP contribution in [0.3, 0.4) is 0 Å². The normalized spacial score (nSPS) is 25.5. The molecule has 2 heterocycles. The SMILES string of the molecule is C/C=C(CC)\C(F)=C/Cc1cc(NC2CCCCC2CCC=O)nc(C2=C(C)\C=C(\C)C=C(F)/N=C\2)n1. The number of anilines is 1. The summed E-state index contributed by atoms with van der Waals surface area (Å²) in [6.07, 6.45) is 15.6. The third-order valence-electron chi connectivity index (χ3n) is 6.98. The summed E-state index contributed by atoms with van der Waals surface area (Å²) in [5.74, 6) is 0.599. The molecular formula is C30H38F2N4O. The molecule has 5 nitrogen and oxygen atoms in total. The number of hydrogen-bond donors (Lipinski definition) is 1. The Kier molecular flexibility index (Phi) is 10.7. The number of hydrogen-bond acceptors (Lipinski definition) is 5. The van der Waals surface area contributed by atoms with E-state index in [0.29, 0.717) is 53.7 Å². The van der Waals surface area contributed by atoms with Crippen LogP contribution >= 0.6 is 0 Å². The van der Waals surface area contributed by atoms with Gasteiger partial charge in [-0.25, -0.2) is 19.4 Å². The number of halogens is 2. The molecule has 7 heteroatoms. The maximum Gasteiger partial charge on any atom is 0.213 e. The van der Waals surface area contributed by atoms with Crippen molar-refractivity contribution >= 4 is 23.9 Å². The fourth-order valence-corrected chi connectivity index (χ4v) is 5.00. The number of allylic oxidation sites excluding steroid dienone is 9. The van der Waals surface area contributed by atoms with Gasteiger partial charge in [0.05, 0.1) is 5.69 Å². The molecule has 2 unspecified atom stereocenters. The van der Waals surface area contributed by atoms with Crippen LogP contribution in [0.2, 0.25) is 0 Å². The third-order valence-corrected chi connectivity index (χ3v) is 6.98. The molecule has 0 amide bonds. The number of nitrogens with one attached hydrogen (secondary N) is 1. The van der Waals surface area contributed by atoms with Crippen LogP contribution in [0.4, 0.5) is 14.6 Å². The van der Waals surface area contributed by atoms with Crippen LogP contribution in [0.25, 0.3) is 5.57 Å². The zero-order valence-corrected chi connectivity index (χ0v) is 22.4. The molecule has 1 aromatic heterocycles. The van der Waals surface area contributed by atoms with Gasteiger partial charge in [-0.2, -0.15) is 4.39 Å². The largest absolute Gasteiger partial charge is 0.367 e. The Morgan fingerprint density at radius 1 is 1.19 bits per heavy atom. The van der Waals surface area contributed by atoms with Crippen molar-refractivity contribution < 1.29 is 13.6 Å². The predicted molar refractivity (Wildman–Crippen MR) is 148 cm³/mol. The van der Waals surface area contributed by atoms with E-state index in [2.05, 4.69) is 10.3 Å². The molecule has 1 aromatic rings. The minimum atomic E-state index is -0.586. The number of aldehydes is 1. The highest BCUT2D eigenvalue weighted by Gasteiger charge is 2.25. The summed E-state index contributed by atoms with van der Waals surface area (Å²) in [5, 5.41) is 3.59. The molecule has 2 atom stereocenters. The van der Waals surface area contributed by atoms with Crippen molar-refractivity contribution in [3.63, 3.8) is 0 Å². The Labute approximate surface area is 219 Å². The number of aromatic nitrogens is 2. The Bertz CT molecular complexity index is 1160. The Morgan fingerprint density at radius 3 is 2.70 bits per heavy atom. The van der Waals surface area contributed by atoms with Crippen LogP contribution in [-0.4, -0.2) is 28.5 Å². The topological polar surface area (TPSA) is 67.2 Å². The second-order valence-corrected chi connectivity index (χ2v) is 9.74. The van der Waals surface area contributed by atoms with Gasteiger partial charge >= 0.3 is 0 Å². The first-order valence-corrected chi connectivity index (χ1v) is 13.2. The van der Waals surface area contributed by atoms with E-state index >= 15 is 0 Å². The molecule has 0 aromatic carbocycles. The van der Waals surface area contributed by atoms with Gasteiger partial charge in [-0.3, -0.25) is 0 Å². The lowest BCUT2D eigenvalue weighted by atomic mass is 9.82. The molecule has 1 aliphatic heterocycles. The molecule has 37 heavy (non-hydrogen) atoms. The van der Waals surface area contributed by atoms with E-state index in [-0.39, 0.29) is 11.9 Å². The van der Waals surface area contributed by atoms with Crippen molar-refractivity contribution in [1.82, 2.24) is 9.97 Å². The number of carbonyl (C=O) groups excluding carboxylic acids is 1. The van der Waals surface area contributed by atoms with E-state index in [0.717, 1.165) is 49.5 Å². The van der Waals surface area contributed by atoms with Crippen LogP contribution in [0, 0.1) is 5.92 Å². The quantitative estimate of drug-likeness (QED) is 0.199. The van der Waals surface area contributed by atoms with Gasteiger partial charge in [0.1, 0.15) is 17.9 Å². The van der Waals surface area contributed by atoms with E-state index in [4.69, 9.17) is 9.97 Å². The molecule has 198 valence electrons. The van der Waals surface area contributed by atoms with Crippen molar-refractivity contribution in [1.29, 1.82) is 0 Å². The molecule has 1 saturated carbocycles. The number of nitrogens with zero attached hydrogens (tertiary/aromatic N) is 3. The average Bonchev–Trinajstić information content (AvgIpc) is 2.87. The van der Waals surface area contributed by atoms with Gasteiger partial charge in [-0.1, -0.05) is 31.9 Å².